The number of rotatable bonds is 7. The van der Waals surface area contributed by atoms with Crippen molar-refractivity contribution in [2.75, 3.05) is 0 Å². The summed E-state index contributed by atoms with van der Waals surface area (Å²) in [7, 11) is 0. The number of carboxylic acids is 1. The minimum Gasteiger partial charge on any atom is -0.480 e. The van der Waals surface area contributed by atoms with E-state index in [2.05, 4.69) is 20.6 Å². The number of hydrogen-bond donors (Lipinski definition) is 2. The molecule has 0 spiro atoms. The Hall–Kier alpha value is -2.77. The molecule has 1 atom stereocenters. The predicted octanol–water partition coefficient (Wildman–Crippen LogP) is 0.950. The molecular weight excluding hydrogens is 298 g/mol. The molecule has 0 bridgehead atoms. The van der Waals surface area contributed by atoms with E-state index >= 15 is 0 Å². The highest BCUT2D eigenvalue weighted by atomic mass is 16.4. The van der Waals surface area contributed by atoms with Crippen molar-refractivity contribution in [1.82, 2.24) is 25.3 Å². The summed E-state index contributed by atoms with van der Waals surface area (Å²) in [5.74, 6) is -1.46. The molecule has 0 aromatic carbocycles. The lowest BCUT2D eigenvalue weighted by molar-refractivity contribution is -0.139. The van der Waals surface area contributed by atoms with Gasteiger partial charge in [-0.3, -0.25) is 9.78 Å². The number of carbonyl (C=O) groups is 2. The van der Waals surface area contributed by atoms with E-state index in [0.717, 1.165) is 5.69 Å². The van der Waals surface area contributed by atoms with E-state index in [1.54, 1.807) is 6.20 Å². The van der Waals surface area contributed by atoms with Crippen LogP contribution in [0.5, 0.6) is 0 Å². The third-order valence-electron chi connectivity index (χ3n) is 3.13. The lowest BCUT2D eigenvalue weighted by atomic mass is 10.0. The Labute approximate surface area is 133 Å². The Morgan fingerprint density at radius 3 is 2.74 bits per heavy atom. The first kappa shape index (κ1) is 16.6. The fourth-order valence-electron chi connectivity index (χ4n) is 2.06. The molecule has 0 fully saturated rings. The zero-order valence-corrected chi connectivity index (χ0v) is 13.0. The number of amides is 1. The summed E-state index contributed by atoms with van der Waals surface area (Å²) in [6, 6.07) is 4.56. The van der Waals surface area contributed by atoms with Gasteiger partial charge in [-0.15, -0.1) is 5.10 Å². The molecule has 0 saturated heterocycles. The molecule has 0 aliphatic heterocycles. The van der Waals surface area contributed by atoms with Crippen LogP contribution < -0.4 is 5.32 Å². The second kappa shape index (κ2) is 7.48. The van der Waals surface area contributed by atoms with Gasteiger partial charge >= 0.3 is 5.97 Å². The highest BCUT2D eigenvalue weighted by Gasteiger charge is 2.23. The molecule has 2 rings (SSSR count). The monoisotopic (exact) mass is 317 g/mol. The zero-order chi connectivity index (χ0) is 16.8. The van der Waals surface area contributed by atoms with Crippen molar-refractivity contribution < 1.29 is 14.7 Å². The average molecular weight is 317 g/mol. The number of aromatic nitrogens is 4. The van der Waals surface area contributed by atoms with E-state index in [1.807, 2.05) is 32.0 Å². The van der Waals surface area contributed by atoms with Crippen molar-refractivity contribution in [2.24, 2.45) is 5.92 Å². The highest BCUT2D eigenvalue weighted by Crippen LogP contribution is 2.06. The summed E-state index contributed by atoms with van der Waals surface area (Å²) in [6.45, 7) is 4.17. The van der Waals surface area contributed by atoms with Gasteiger partial charge in [-0.25, -0.2) is 9.48 Å². The van der Waals surface area contributed by atoms with Crippen LogP contribution in [0.3, 0.4) is 0 Å². The molecule has 0 aliphatic carbocycles. The van der Waals surface area contributed by atoms with Crippen LogP contribution in [0.4, 0.5) is 0 Å². The molecule has 8 heteroatoms. The van der Waals surface area contributed by atoms with Crippen LogP contribution in [-0.2, 0) is 11.3 Å². The maximum Gasteiger partial charge on any atom is 0.326 e. The van der Waals surface area contributed by atoms with E-state index in [4.69, 9.17) is 5.11 Å². The van der Waals surface area contributed by atoms with Crippen molar-refractivity contribution in [3.05, 3.63) is 42.0 Å². The number of hydrogen-bond acceptors (Lipinski definition) is 5. The summed E-state index contributed by atoms with van der Waals surface area (Å²) >= 11 is 0. The van der Waals surface area contributed by atoms with E-state index in [9.17, 15) is 9.59 Å². The van der Waals surface area contributed by atoms with E-state index in [0.29, 0.717) is 13.0 Å². The second-order valence-electron chi connectivity index (χ2n) is 5.62. The van der Waals surface area contributed by atoms with Crippen molar-refractivity contribution in [3.8, 4) is 0 Å². The van der Waals surface area contributed by atoms with Crippen LogP contribution in [0.1, 0.15) is 36.5 Å². The molecule has 1 unspecified atom stereocenters. The molecule has 0 radical (unpaired) electrons. The first-order chi connectivity index (χ1) is 11.0. The zero-order valence-electron chi connectivity index (χ0n) is 13.0. The Kier molecular flexibility index (Phi) is 5.40. The van der Waals surface area contributed by atoms with Crippen molar-refractivity contribution in [3.63, 3.8) is 0 Å². The molecule has 0 saturated carbocycles. The van der Waals surface area contributed by atoms with Crippen molar-refractivity contribution >= 4 is 11.9 Å². The topological polar surface area (TPSA) is 110 Å². The van der Waals surface area contributed by atoms with Gasteiger partial charge in [0.25, 0.3) is 5.91 Å². The lowest BCUT2D eigenvalue weighted by Crippen LogP contribution is -2.41. The summed E-state index contributed by atoms with van der Waals surface area (Å²) in [4.78, 5) is 27.5. The maximum absolute atomic E-state index is 12.1. The van der Waals surface area contributed by atoms with Crippen LogP contribution in [0.25, 0.3) is 0 Å². The number of nitrogens with zero attached hydrogens (tertiary/aromatic N) is 4. The van der Waals surface area contributed by atoms with E-state index < -0.39 is 17.9 Å². The molecule has 0 aliphatic rings. The number of nitrogens with one attached hydrogen (secondary N) is 1. The smallest absolute Gasteiger partial charge is 0.326 e. The van der Waals surface area contributed by atoms with Crippen LogP contribution in [-0.4, -0.2) is 43.0 Å². The Morgan fingerprint density at radius 2 is 2.13 bits per heavy atom. The number of carbonyl (C=O) groups excluding carboxylic acids is 1. The van der Waals surface area contributed by atoms with Gasteiger partial charge in [-0.2, -0.15) is 0 Å². The molecule has 2 N–H and O–H groups in total. The molecular formula is C15H19N5O3. The molecule has 2 heterocycles. The van der Waals surface area contributed by atoms with Crippen LogP contribution in [0.2, 0.25) is 0 Å². The lowest BCUT2D eigenvalue weighted by Gasteiger charge is -2.15. The Morgan fingerprint density at radius 1 is 1.35 bits per heavy atom. The first-order valence-corrected chi connectivity index (χ1v) is 7.29. The van der Waals surface area contributed by atoms with E-state index in [-0.39, 0.29) is 11.6 Å². The summed E-state index contributed by atoms with van der Waals surface area (Å²) < 4.78 is 1.48. The quantitative estimate of drug-likeness (QED) is 0.786. The van der Waals surface area contributed by atoms with E-state index in [1.165, 1.54) is 10.9 Å². The molecule has 8 nitrogen and oxygen atoms in total. The van der Waals surface area contributed by atoms with Gasteiger partial charge in [0.1, 0.15) is 6.04 Å². The van der Waals surface area contributed by atoms with Crippen LogP contribution >= 0.6 is 0 Å². The van der Waals surface area contributed by atoms with Gasteiger partial charge in [-0.1, -0.05) is 25.1 Å². The van der Waals surface area contributed by atoms with Gasteiger partial charge in [0.05, 0.1) is 18.4 Å². The van der Waals surface area contributed by atoms with Gasteiger partial charge in [-0.05, 0) is 24.5 Å². The third kappa shape index (κ3) is 4.87. The molecule has 23 heavy (non-hydrogen) atoms. The number of pyridine rings is 1. The summed E-state index contributed by atoms with van der Waals surface area (Å²) in [6.07, 6.45) is 3.49. The number of carboxylic acid groups (broad SMARTS) is 1. The molecule has 2 aromatic rings. The normalized spacial score (nSPS) is 12.1. The van der Waals surface area contributed by atoms with Gasteiger partial charge in [0.2, 0.25) is 0 Å². The molecule has 2 aromatic heterocycles. The Bertz CT molecular complexity index is 669. The summed E-state index contributed by atoms with van der Waals surface area (Å²) in [5.41, 5.74) is 0.864. The standard InChI is InChI=1S/C15H19N5O3/c1-10(2)7-12(15(22)23)17-14(21)13-9-20(19-18-13)8-11-5-3-4-6-16-11/h3-6,9-10,12H,7-8H2,1-2H3,(H,17,21)(H,22,23). The summed E-state index contributed by atoms with van der Waals surface area (Å²) in [5, 5.41) is 19.3. The fourth-order valence-corrected chi connectivity index (χ4v) is 2.06. The van der Waals surface area contributed by atoms with Crippen molar-refractivity contribution in [2.45, 2.75) is 32.9 Å². The van der Waals surface area contributed by atoms with Gasteiger partial charge < -0.3 is 10.4 Å². The third-order valence-corrected chi connectivity index (χ3v) is 3.13. The van der Waals surface area contributed by atoms with Crippen LogP contribution in [0.15, 0.2) is 30.6 Å². The van der Waals surface area contributed by atoms with Gasteiger partial charge in [0.15, 0.2) is 5.69 Å². The molecule has 122 valence electrons. The first-order valence-electron chi connectivity index (χ1n) is 7.29. The minimum absolute atomic E-state index is 0.0796. The van der Waals surface area contributed by atoms with Crippen LogP contribution in [0, 0.1) is 5.92 Å². The predicted molar refractivity (Wildman–Crippen MR) is 81.7 cm³/mol. The number of aliphatic carboxylic acids is 1. The maximum atomic E-state index is 12.1. The Balaban J connectivity index is 2.01. The second-order valence-corrected chi connectivity index (χ2v) is 5.62. The minimum atomic E-state index is -1.06. The SMILES string of the molecule is CC(C)CC(NC(=O)c1cn(Cc2ccccn2)nn1)C(=O)O. The molecule has 1 amide bonds. The largest absolute Gasteiger partial charge is 0.480 e. The van der Waals surface area contributed by atoms with Gasteiger partial charge in [0, 0.05) is 6.20 Å². The average Bonchev–Trinajstić information content (AvgIpc) is 2.95. The highest BCUT2D eigenvalue weighted by molar-refractivity contribution is 5.94. The van der Waals surface area contributed by atoms with Crippen molar-refractivity contribution in [1.29, 1.82) is 0 Å². The fraction of sp³-hybridized carbons (Fsp3) is 0.400.